The summed E-state index contributed by atoms with van der Waals surface area (Å²) in [5.74, 6) is 0.549. The van der Waals surface area contributed by atoms with Gasteiger partial charge in [-0.05, 0) is 26.7 Å². The highest BCUT2D eigenvalue weighted by Gasteiger charge is 2.16. The summed E-state index contributed by atoms with van der Waals surface area (Å²) in [6, 6.07) is 5.33. The molecule has 1 saturated carbocycles. The van der Waals surface area contributed by atoms with Crippen molar-refractivity contribution < 1.29 is 9.66 Å². The van der Waals surface area contributed by atoms with Crippen LogP contribution in [0, 0.1) is 10.1 Å². The molecule has 0 saturated heterocycles. The first kappa shape index (κ1) is 14.6. The fourth-order valence-corrected chi connectivity index (χ4v) is 2.59. The Hall–Kier alpha value is -1.78. The third kappa shape index (κ3) is 4.11. The summed E-state index contributed by atoms with van der Waals surface area (Å²) < 4.78 is 5.59. The zero-order valence-corrected chi connectivity index (χ0v) is 12.1. The quantitative estimate of drug-likeness (QED) is 0.649. The maximum absolute atomic E-state index is 11.0. The second-order valence-electron chi connectivity index (χ2n) is 5.62. The van der Waals surface area contributed by atoms with Gasteiger partial charge in [-0.2, -0.15) is 0 Å². The van der Waals surface area contributed by atoms with Crippen LogP contribution in [-0.2, 0) is 0 Å². The number of ether oxygens (including phenoxy) is 1. The van der Waals surface area contributed by atoms with Crippen LogP contribution >= 0.6 is 0 Å². The van der Waals surface area contributed by atoms with E-state index in [0.29, 0.717) is 11.8 Å². The monoisotopic (exact) mass is 278 g/mol. The molecule has 5 heteroatoms. The maximum atomic E-state index is 11.0. The number of nitro benzene ring substituents is 1. The largest absolute Gasteiger partial charge is 0.491 e. The van der Waals surface area contributed by atoms with E-state index in [0.717, 1.165) is 18.5 Å². The predicted octanol–water partition coefficient (Wildman–Crippen LogP) is 4.13. The molecular weight excluding hydrogens is 256 g/mol. The Kier molecular flexibility index (Phi) is 4.82. The summed E-state index contributed by atoms with van der Waals surface area (Å²) in [7, 11) is 0. The van der Waals surface area contributed by atoms with E-state index in [1.807, 2.05) is 19.9 Å². The number of benzene rings is 1. The Morgan fingerprint density at radius 3 is 2.55 bits per heavy atom. The molecule has 0 heterocycles. The first-order valence-corrected chi connectivity index (χ1v) is 7.27. The van der Waals surface area contributed by atoms with Crippen LogP contribution in [0.4, 0.5) is 11.4 Å². The highest BCUT2D eigenvalue weighted by molar-refractivity contribution is 5.56. The Labute approximate surface area is 119 Å². The number of hydrogen-bond acceptors (Lipinski definition) is 4. The summed E-state index contributed by atoms with van der Waals surface area (Å²) in [6.45, 7) is 3.82. The predicted molar refractivity (Wildman–Crippen MR) is 79.4 cm³/mol. The molecule has 0 aromatic heterocycles. The second kappa shape index (κ2) is 6.59. The minimum absolute atomic E-state index is 0.000431. The normalized spacial score (nSPS) is 16.1. The van der Waals surface area contributed by atoms with Crippen LogP contribution in [0.15, 0.2) is 18.2 Å². The third-order valence-electron chi connectivity index (χ3n) is 3.45. The van der Waals surface area contributed by atoms with Gasteiger partial charge in [0.25, 0.3) is 5.69 Å². The lowest BCUT2D eigenvalue weighted by atomic mass is 9.95. The fourth-order valence-electron chi connectivity index (χ4n) is 2.59. The van der Waals surface area contributed by atoms with Gasteiger partial charge in [-0.25, -0.2) is 0 Å². The molecule has 0 bridgehead atoms. The molecule has 1 aliphatic carbocycles. The smallest absolute Gasteiger partial charge is 0.275 e. The van der Waals surface area contributed by atoms with E-state index < -0.39 is 0 Å². The van der Waals surface area contributed by atoms with E-state index in [4.69, 9.17) is 4.74 Å². The zero-order chi connectivity index (χ0) is 14.5. The lowest BCUT2D eigenvalue weighted by molar-refractivity contribution is -0.384. The SMILES string of the molecule is CC(C)Oc1cc(NC2CCCCC2)cc([N+](=O)[O-])c1. The molecule has 1 fully saturated rings. The number of hydrogen-bond donors (Lipinski definition) is 1. The molecule has 1 aromatic rings. The Balaban J connectivity index is 2.17. The van der Waals surface area contributed by atoms with E-state index in [2.05, 4.69) is 5.32 Å². The molecule has 0 aliphatic heterocycles. The summed E-state index contributed by atoms with van der Waals surface area (Å²) in [6.07, 6.45) is 5.99. The van der Waals surface area contributed by atoms with E-state index in [1.165, 1.54) is 25.3 Å². The highest BCUT2D eigenvalue weighted by Crippen LogP contribution is 2.29. The van der Waals surface area contributed by atoms with Gasteiger partial charge in [0.15, 0.2) is 0 Å². The van der Waals surface area contributed by atoms with Crippen molar-refractivity contribution in [1.82, 2.24) is 0 Å². The first-order chi connectivity index (χ1) is 9.54. The topological polar surface area (TPSA) is 64.4 Å². The molecule has 1 aliphatic rings. The lowest BCUT2D eigenvalue weighted by Gasteiger charge is -2.24. The molecule has 1 aromatic carbocycles. The molecule has 0 radical (unpaired) electrons. The van der Waals surface area contributed by atoms with Gasteiger partial charge in [0.05, 0.1) is 17.1 Å². The van der Waals surface area contributed by atoms with Gasteiger partial charge >= 0.3 is 0 Å². The van der Waals surface area contributed by atoms with Crippen molar-refractivity contribution in [3.05, 3.63) is 28.3 Å². The van der Waals surface area contributed by atoms with Crippen LogP contribution in [0.2, 0.25) is 0 Å². The van der Waals surface area contributed by atoms with Crippen LogP contribution in [0.3, 0.4) is 0 Å². The molecule has 0 atom stereocenters. The van der Waals surface area contributed by atoms with Crippen LogP contribution in [-0.4, -0.2) is 17.1 Å². The molecular formula is C15H22N2O3. The van der Waals surface area contributed by atoms with Crippen LogP contribution in [0.25, 0.3) is 0 Å². The van der Waals surface area contributed by atoms with E-state index in [1.54, 1.807) is 6.07 Å². The molecule has 0 unspecified atom stereocenters. The molecule has 1 N–H and O–H groups in total. The van der Waals surface area contributed by atoms with Crippen molar-refractivity contribution in [1.29, 1.82) is 0 Å². The van der Waals surface area contributed by atoms with Gasteiger partial charge in [-0.3, -0.25) is 10.1 Å². The number of non-ortho nitro benzene ring substituents is 1. The molecule has 20 heavy (non-hydrogen) atoms. The Bertz CT molecular complexity index is 468. The summed E-state index contributed by atoms with van der Waals surface area (Å²) in [5, 5.41) is 14.4. The standard InChI is InChI=1S/C15H22N2O3/c1-11(2)20-15-9-13(8-14(10-15)17(18)19)16-12-6-4-3-5-7-12/h8-12,16H,3-7H2,1-2H3. The van der Waals surface area contributed by atoms with Gasteiger partial charge in [0.2, 0.25) is 0 Å². The third-order valence-corrected chi connectivity index (χ3v) is 3.45. The molecule has 110 valence electrons. The van der Waals surface area contributed by atoms with Gasteiger partial charge in [0, 0.05) is 23.9 Å². The van der Waals surface area contributed by atoms with Crippen molar-refractivity contribution in [2.45, 2.75) is 58.1 Å². The van der Waals surface area contributed by atoms with E-state index in [9.17, 15) is 10.1 Å². The summed E-state index contributed by atoms with van der Waals surface area (Å²) in [4.78, 5) is 10.6. The molecule has 0 spiro atoms. The average molecular weight is 278 g/mol. The Morgan fingerprint density at radius 2 is 1.95 bits per heavy atom. The van der Waals surface area contributed by atoms with E-state index >= 15 is 0 Å². The van der Waals surface area contributed by atoms with Crippen LogP contribution in [0.5, 0.6) is 5.75 Å². The number of anilines is 1. The molecule has 5 nitrogen and oxygen atoms in total. The highest BCUT2D eigenvalue weighted by atomic mass is 16.6. The van der Waals surface area contributed by atoms with Gasteiger partial charge in [-0.15, -0.1) is 0 Å². The van der Waals surface area contributed by atoms with Gasteiger partial charge in [-0.1, -0.05) is 19.3 Å². The number of nitrogens with one attached hydrogen (secondary N) is 1. The van der Waals surface area contributed by atoms with Crippen LogP contribution < -0.4 is 10.1 Å². The van der Waals surface area contributed by atoms with Crippen molar-refractivity contribution in [3.63, 3.8) is 0 Å². The van der Waals surface area contributed by atoms with Gasteiger partial charge < -0.3 is 10.1 Å². The number of nitro groups is 1. The number of nitrogens with zero attached hydrogens (tertiary/aromatic N) is 1. The van der Waals surface area contributed by atoms with E-state index in [-0.39, 0.29) is 16.7 Å². The first-order valence-electron chi connectivity index (χ1n) is 7.27. The maximum Gasteiger partial charge on any atom is 0.275 e. The van der Waals surface area contributed by atoms with Crippen molar-refractivity contribution in [3.8, 4) is 5.75 Å². The number of rotatable bonds is 5. The fraction of sp³-hybridized carbons (Fsp3) is 0.600. The zero-order valence-electron chi connectivity index (χ0n) is 12.1. The summed E-state index contributed by atoms with van der Waals surface area (Å²) in [5.41, 5.74) is 0.850. The average Bonchev–Trinajstić information content (AvgIpc) is 2.38. The Morgan fingerprint density at radius 1 is 1.25 bits per heavy atom. The summed E-state index contributed by atoms with van der Waals surface area (Å²) >= 11 is 0. The van der Waals surface area contributed by atoms with Crippen molar-refractivity contribution in [2.24, 2.45) is 0 Å². The molecule has 0 amide bonds. The minimum Gasteiger partial charge on any atom is -0.491 e. The minimum atomic E-state index is -0.376. The van der Waals surface area contributed by atoms with Crippen LogP contribution in [0.1, 0.15) is 46.0 Å². The van der Waals surface area contributed by atoms with Gasteiger partial charge in [0.1, 0.15) is 5.75 Å². The molecule has 2 rings (SSSR count). The second-order valence-corrected chi connectivity index (χ2v) is 5.62. The van der Waals surface area contributed by atoms with Crippen molar-refractivity contribution >= 4 is 11.4 Å². The lowest BCUT2D eigenvalue weighted by Crippen LogP contribution is -2.22. The van der Waals surface area contributed by atoms with Crippen molar-refractivity contribution in [2.75, 3.05) is 5.32 Å².